The van der Waals surface area contributed by atoms with Crippen molar-refractivity contribution in [3.63, 3.8) is 0 Å². The highest BCUT2D eigenvalue weighted by molar-refractivity contribution is 5.46. The second-order valence-electron chi connectivity index (χ2n) is 5.58. The van der Waals surface area contributed by atoms with E-state index in [0.29, 0.717) is 6.04 Å². The fraction of sp³-hybridized carbons (Fsp3) is 0.412. The van der Waals surface area contributed by atoms with Crippen LogP contribution >= 0.6 is 0 Å². The Kier molecular flexibility index (Phi) is 4.58. The number of piperazine rings is 1. The number of nitrogens with two attached hydrogens (primary N) is 1. The van der Waals surface area contributed by atoms with Crippen molar-refractivity contribution >= 4 is 5.69 Å². The van der Waals surface area contributed by atoms with E-state index >= 15 is 0 Å². The molecule has 0 radical (unpaired) electrons. The molecule has 4 nitrogen and oxygen atoms in total. The molecule has 1 atom stereocenters. The van der Waals surface area contributed by atoms with Gasteiger partial charge >= 0.3 is 0 Å². The summed E-state index contributed by atoms with van der Waals surface area (Å²) in [5.74, 6) is 0. The van der Waals surface area contributed by atoms with Crippen LogP contribution in [0.5, 0.6) is 0 Å². The van der Waals surface area contributed by atoms with Gasteiger partial charge in [-0.15, -0.1) is 0 Å². The van der Waals surface area contributed by atoms with Crippen molar-refractivity contribution in [2.45, 2.75) is 12.5 Å². The van der Waals surface area contributed by atoms with E-state index in [-0.39, 0.29) is 0 Å². The summed E-state index contributed by atoms with van der Waals surface area (Å²) in [7, 11) is 0. The number of nitrogens with one attached hydrogen (secondary N) is 1. The molecule has 1 fully saturated rings. The maximum absolute atomic E-state index is 5.81. The quantitative estimate of drug-likeness (QED) is 0.885. The SMILES string of the molecule is NCCC(c1ccc[nH]1)N1CCN(c2ccccc2)CC1. The number of para-hydroxylation sites is 1. The normalized spacial score (nSPS) is 17.9. The zero-order valence-corrected chi connectivity index (χ0v) is 12.4. The molecule has 4 heteroatoms. The number of aromatic amines is 1. The van der Waals surface area contributed by atoms with Gasteiger partial charge in [0, 0.05) is 43.8 Å². The fourth-order valence-corrected chi connectivity index (χ4v) is 3.17. The number of anilines is 1. The maximum Gasteiger partial charge on any atom is 0.0511 e. The van der Waals surface area contributed by atoms with Crippen molar-refractivity contribution in [1.82, 2.24) is 9.88 Å². The Labute approximate surface area is 126 Å². The summed E-state index contributed by atoms with van der Waals surface area (Å²) < 4.78 is 0. The molecule has 1 unspecified atom stereocenters. The third kappa shape index (κ3) is 3.28. The molecule has 0 bridgehead atoms. The van der Waals surface area contributed by atoms with Crippen molar-refractivity contribution < 1.29 is 0 Å². The molecule has 1 saturated heterocycles. The first kappa shape index (κ1) is 14.2. The summed E-state index contributed by atoms with van der Waals surface area (Å²) in [6.45, 7) is 5.04. The Balaban J connectivity index is 1.64. The van der Waals surface area contributed by atoms with Crippen molar-refractivity contribution in [2.24, 2.45) is 5.73 Å². The van der Waals surface area contributed by atoms with E-state index in [0.717, 1.165) is 39.1 Å². The Morgan fingerprint density at radius 1 is 1.00 bits per heavy atom. The zero-order chi connectivity index (χ0) is 14.5. The van der Waals surface area contributed by atoms with Crippen LogP contribution in [0, 0.1) is 0 Å². The molecule has 1 aromatic heterocycles. The minimum Gasteiger partial charge on any atom is -0.369 e. The molecule has 1 aliphatic heterocycles. The molecule has 1 aromatic carbocycles. The molecular formula is C17H24N4. The molecule has 2 heterocycles. The molecule has 3 rings (SSSR count). The van der Waals surface area contributed by atoms with Gasteiger partial charge in [0.25, 0.3) is 0 Å². The lowest BCUT2D eigenvalue weighted by molar-refractivity contribution is 0.176. The van der Waals surface area contributed by atoms with Crippen LogP contribution in [-0.2, 0) is 0 Å². The molecule has 2 aromatic rings. The number of aromatic nitrogens is 1. The largest absolute Gasteiger partial charge is 0.369 e. The molecule has 21 heavy (non-hydrogen) atoms. The molecule has 112 valence electrons. The fourth-order valence-electron chi connectivity index (χ4n) is 3.17. The second-order valence-corrected chi connectivity index (χ2v) is 5.58. The Bertz CT molecular complexity index is 515. The van der Waals surface area contributed by atoms with E-state index in [4.69, 9.17) is 5.73 Å². The van der Waals surface area contributed by atoms with Crippen LogP contribution in [0.1, 0.15) is 18.2 Å². The number of H-pyrrole nitrogens is 1. The maximum atomic E-state index is 5.81. The van der Waals surface area contributed by atoms with Gasteiger partial charge in [-0.1, -0.05) is 18.2 Å². The number of hydrogen-bond donors (Lipinski definition) is 2. The summed E-state index contributed by atoms with van der Waals surface area (Å²) in [6, 6.07) is 15.3. The third-order valence-corrected chi connectivity index (χ3v) is 4.30. The van der Waals surface area contributed by atoms with Gasteiger partial charge in [0.05, 0.1) is 6.04 Å². The number of hydrogen-bond acceptors (Lipinski definition) is 3. The molecule has 0 spiro atoms. The van der Waals surface area contributed by atoms with E-state index < -0.39 is 0 Å². The molecule has 0 amide bonds. The Hall–Kier alpha value is -1.78. The topological polar surface area (TPSA) is 48.3 Å². The van der Waals surface area contributed by atoms with Crippen LogP contribution < -0.4 is 10.6 Å². The summed E-state index contributed by atoms with van der Waals surface area (Å²) in [5, 5.41) is 0. The average molecular weight is 284 g/mol. The highest BCUT2D eigenvalue weighted by Crippen LogP contribution is 2.25. The molecule has 3 N–H and O–H groups in total. The number of rotatable bonds is 5. The van der Waals surface area contributed by atoms with Gasteiger partial charge in [-0.05, 0) is 37.2 Å². The van der Waals surface area contributed by atoms with Gasteiger partial charge in [-0.25, -0.2) is 0 Å². The minimum atomic E-state index is 0.419. The van der Waals surface area contributed by atoms with E-state index in [2.05, 4.69) is 57.2 Å². The van der Waals surface area contributed by atoms with E-state index in [1.165, 1.54) is 11.4 Å². The van der Waals surface area contributed by atoms with Gasteiger partial charge in [0.15, 0.2) is 0 Å². The van der Waals surface area contributed by atoms with Crippen LogP contribution in [-0.4, -0.2) is 42.6 Å². The highest BCUT2D eigenvalue weighted by atomic mass is 15.3. The van der Waals surface area contributed by atoms with Crippen LogP contribution in [0.25, 0.3) is 0 Å². The van der Waals surface area contributed by atoms with Crippen LogP contribution in [0.15, 0.2) is 48.7 Å². The first-order valence-corrected chi connectivity index (χ1v) is 7.76. The third-order valence-electron chi connectivity index (χ3n) is 4.30. The smallest absolute Gasteiger partial charge is 0.0511 e. The lowest BCUT2D eigenvalue weighted by Gasteiger charge is -2.40. The lowest BCUT2D eigenvalue weighted by Crippen LogP contribution is -2.48. The summed E-state index contributed by atoms with van der Waals surface area (Å²) in [5.41, 5.74) is 8.42. The zero-order valence-electron chi connectivity index (χ0n) is 12.4. The first-order chi connectivity index (χ1) is 10.4. The van der Waals surface area contributed by atoms with Gasteiger partial charge in [-0.2, -0.15) is 0 Å². The number of benzene rings is 1. The molecule has 1 aliphatic rings. The summed E-state index contributed by atoms with van der Waals surface area (Å²) in [6.07, 6.45) is 3.00. The molecule has 0 aliphatic carbocycles. The van der Waals surface area contributed by atoms with Crippen molar-refractivity contribution in [2.75, 3.05) is 37.6 Å². The predicted molar refractivity (Wildman–Crippen MR) is 87.4 cm³/mol. The second kappa shape index (κ2) is 6.78. The highest BCUT2D eigenvalue weighted by Gasteiger charge is 2.25. The summed E-state index contributed by atoms with van der Waals surface area (Å²) in [4.78, 5) is 8.37. The lowest BCUT2D eigenvalue weighted by atomic mass is 10.1. The van der Waals surface area contributed by atoms with Crippen molar-refractivity contribution in [3.8, 4) is 0 Å². The van der Waals surface area contributed by atoms with E-state index in [9.17, 15) is 0 Å². The monoisotopic (exact) mass is 284 g/mol. The van der Waals surface area contributed by atoms with Gasteiger partial charge in [-0.3, -0.25) is 4.90 Å². The van der Waals surface area contributed by atoms with Crippen LogP contribution in [0.3, 0.4) is 0 Å². The first-order valence-electron chi connectivity index (χ1n) is 7.76. The van der Waals surface area contributed by atoms with Crippen molar-refractivity contribution in [1.29, 1.82) is 0 Å². The van der Waals surface area contributed by atoms with E-state index in [1.54, 1.807) is 0 Å². The van der Waals surface area contributed by atoms with Crippen LogP contribution in [0.4, 0.5) is 5.69 Å². The molecular weight excluding hydrogens is 260 g/mol. The minimum absolute atomic E-state index is 0.419. The van der Waals surface area contributed by atoms with E-state index in [1.807, 2.05) is 6.20 Å². The summed E-state index contributed by atoms with van der Waals surface area (Å²) >= 11 is 0. The van der Waals surface area contributed by atoms with Gasteiger partial charge in [0.2, 0.25) is 0 Å². The van der Waals surface area contributed by atoms with Gasteiger partial charge < -0.3 is 15.6 Å². The number of nitrogens with zero attached hydrogens (tertiary/aromatic N) is 2. The van der Waals surface area contributed by atoms with Gasteiger partial charge in [0.1, 0.15) is 0 Å². The average Bonchev–Trinajstić information content (AvgIpc) is 3.08. The Morgan fingerprint density at radius 2 is 1.76 bits per heavy atom. The predicted octanol–water partition coefficient (Wildman–Crippen LogP) is 2.23. The van der Waals surface area contributed by atoms with Crippen molar-refractivity contribution in [3.05, 3.63) is 54.4 Å². The molecule has 0 saturated carbocycles. The standard InChI is InChI=1S/C17H24N4/c18-9-8-17(16-7-4-10-19-16)21-13-11-20(12-14-21)15-5-2-1-3-6-15/h1-7,10,17,19H,8-9,11-14,18H2. The van der Waals surface area contributed by atoms with Crippen LogP contribution in [0.2, 0.25) is 0 Å². The Morgan fingerprint density at radius 3 is 2.38 bits per heavy atom.